The van der Waals surface area contributed by atoms with Crippen LogP contribution in [0.5, 0.6) is 0 Å². The number of halogens is 1. The first-order valence-corrected chi connectivity index (χ1v) is 15.4. The monoisotopic (exact) mass is 536 g/mol. The molecule has 5 rings (SSSR count). The highest BCUT2D eigenvalue weighted by atomic mass is 35.5. The van der Waals surface area contributed by atoms with E-state index in [1.54, 1.807) is 0 Å². The lowest BCUT2D eigenvalue weighted by molar-refractivity contribution is 0.127. The van der Waals surface area contributed by atoms with E-state index in [4.69, 9.17) is 11.6 Å². The van der Waals surface area contributed by atoms with Gasteiger partial charge in [-0.25, -0.2) is 8.42 Å². The molecule has 1 aliphatic heterocycles. The van der Waals surface area contributed by atoms with Gasteiger partial charge < -0.3 is 0 Å². The SMILES string of the molecule is Cc1ccc(Cl)c(-c2ccc(CN3CCN(S(=O)(=O)C4CCCCC4)C(Cc4ccccc4)C3)cc2)c1. The fourth-order valence-corrected chi connectivity index (χ4v) is 8.33. The molecule has 3 aromatic carbocycles. The van der Waals surface area contributed by atoms with Gasteiger partial charge in [0.25, 0.3) is 0 Å². The predicted molar refractivity (Wildman–Crippen MR) is 153 cm³/mol. The molecule has 0 amide bonds. The smallest absolute Gasteiger partial charge is 0.217 e. The topological polar surface area (TPSA) is 40.6 Å². The van der Waals surface area contributed by atoms with E-state index < -0.39 is 10.0 Å². The summed E-state index contributed by atoms with van der Waals surface area (Å²) in [7, 11) is -3.30. The first-order valence-electron chi connectivity index (χ1n) is 13.5. The molecule has 1 atom stereocenters. The molecular formula is C31H37ClN2O2S. The predicted octanol–water partition coefficient (Wildman–Crippen LogP) is 6.71. The lowest BCUT2D eigenvalue weighted by Crippen LogP contribution is -2.57. The zero-order valence-electron chi connectivity index (χ0n) is 21.7. The summed E-state index contributed by atoms with van der Waals surface area (Å²) >= 11 is 6.45. The lowest BCUT2D eigenvalue weighted by atomic mass is 10.0. The van der Waals surface area contributed by atoms with Crippen molar-refractivity contribution in [3.63, 3.8) is 0 Å². The van der Waals surface area contributed by atoms with Gasteiger partial charge >= 0.3 is 0 Å². The maximum Gasteiger partial charge on any atom is 0.217 e. The van der Waals surface area contributed by atoms with Crippen molar-refractivity contribution < 1.29 is 8.42 Å². The number of aryl methyl sites for hydroxylation is 1. The number of rotatable bonds is 7. The van der Waals surface area contributed by atoms with Crippen molar-refractivity contribution in [2.75, 3.05) is 19.6 Å². The third-order valence-electron chi connectivity index (χ3n) is 7.92. The summed E-state index contributed by atoms with van der Waals surface area (Å²) in [4.78, 5) is 2.41. The van der Waals surface area contributed by atoms with Crippen LogP contribution in [0.15, 0.2) is 72.8 Å². The van der Waals surface area contributed by atoms with E-state index >= 15 is 0 Å². The van der Waals surface area contributed by atoms with Crippen LogP contribution in [0.1, 0.15) is 48.8 Å². The van der Waals surface area contributed by atoms with E-state index in [2.05, 4.69) is 54.3 Å². The summed E-state index contributed by atoms with van der Waals surface area (Å²) in [5.41, 5.74) is 5.78. The van der Waals surface area contributed by atoms with Crippen molar-refractivity contribution in [1.29, 1.82) is 0 Å². The maximum absolute atomic E-state index is 13.7. The quantitative estimate of drug-likeness (QED) is 0.337. The Labute approximate surface area is 227 Å². The van der Waals surface area contributed by atoms with Crippen molar-refractivity contribution in [2.24, 2.45) is 0 Å². The van der Waals surface area contributed by atoms with Crippen LogP contribution >= 0.6 is 11.6 Å². The number of hydrogen-bond donors (Lipinski definition) is 0. The summed E-state index contributed by atoms with van der Waals surface area (Å²) in [5.74, 6) is 0. The zero-order valence-corrected chi connectivity index (χ0v) is 23.2. The average Bonchev–Trinajstić information content (AvgIpc) is 2.92. The van der Waals surface area contributed by atoms with Gasteiger partial charge in [0.2, 0.25) is 10.0 Å². The van der Waals surface area contributed by atoms with Gasteiger partial charge in [-0.05, 0) is 55.0 Å². The summed E-state index contributed by atoms with van der Waals surface area (Å²) in [6, 6.07) is 25.0. The highest BCUT2D eigenvalue weighted by Gasteiger charge is 2.39. The molecule has 0 radical (unpaired) electrons. The van der Waals surface area contributed by atoms with Crippen molar-refractivity contribution >= 4 is 21.6 Å². The number of piperazine rings is 1. The second-order valence-corrected chi connectivity index (χ2v) is 13.2. The summed E-state index contributed by atoms with van der Waals surface area (Å²) in [5, 5.41) is 0.546. The first-order chi connectivity index (χ1) is 17.9. The van der Waals surface area contributed by atoms with Crippen LogP contribution in [0.2, 0.25) is 5.02 Å². The largest absolute Gasteiger partial charge is 0.296 e. The second-order valence-electron chi connectivity index (χ2n) is 10.7. The van der Waals surface area contributed by atoms with Gasteiger partial charge in [0, 0.05) is 42.8 Å². The minimum Gasteiger partial charge on any atom is -0.296 e. The Morgan fingerprint density at radius 3 is 2.32 bits per heavy atom. The fraction of sp³-hybridized carbons (Fsp3) is 0.419. The van der Waals surface area contributed by atoms with Crippen LogP contribution in [0.3, 0.4) is 0 Å². The Morgan fingerprint density at radius 2 is 1.59 bits per heavy atom. The van der Waals surface area contributed by atoms with Crippen LogP contribution in [0.25, 0.3) is 11.1 Å². The van der Waals surface area contributed by atoms with Crippen molar-refractivity contribution in [3.8, 4) is 11.1 Å². The molecule has 1 heterocycles. The number of benzene rings is 3. The molecule has 1 saturated heterocycles. The van der Waals surface area contributed by atoms with Crippen LogP contribution in [-0.4, -0.2) is 48.5 Å². The van der Waals surface area contributed by atoms with Gasteiger partial charge in [-0.2, -0.15) is 4.31 Å². The zero-order chi connectivity index (χ0) is 25.8. The molecule has 0 N–H and O–H groups in total. The molecule has 37 heavy (non-hydrogen) atoms. The molecule has 196 valence electrons. The Hall–Kier alpha value is -2.18. The molecule has 2 fully saturated rings. The third kappa shape index (κ3) is 6.28. The summed E-state index contributed by atoms with van der Waals surface area (Å²) in [6.07, 6.45) is 5.56. The van der Waals surface area contributed by atoms with Gasteiger partial charge in [0.05, 0.1) is 5.25 Å². The highest BCUT2D eigenvalue weighted by molar-refractivity contribution is 7.89. The Kier molecular flexibility index (Phi) is 8.35. The number of nitrogens with zero attached hydrogens (tertiary/aromatic N) is 2. The second kappa shape index (κ2) is 11.7. The van der Waals surface area contributed by atoms with Crippen LogP contribution in [0, 0.1) is 6.92 Å². The van der Waals surface area contributed by atoms with Crippen molar-refractivity contribution in [1.82, 2.24) is 9.21 Å². The van der Waals surface area contributed by atoms with Gasteiger partial charge in [0.1, 0.15) is 0 Å². The van der Waals surface area contributed by atoms with E-state index in [1.807, 2.05) is 34.6 Å². The van der Waals surface area contributed by atoms with Crippen LogP contribution in [-0.2, 0) is 23.0 Å². The Balaban J connectivity index is 1.32. The summed E-state index contributed by atoms with van der Waals surface area (Å²) < 4.78 is 29.3. The van der Waals surface area contributed by atoms with Crippen LogP contribution in [0.4, 0.5) is 0 Å². The number of sulfonamides is 1. The molecule has 0 spiro atoms. The minimum absolute atomic E-state index is 0.0477. The highest BCUT2D eigenvalue weighted by Crippen LogP contribution is 2.31. The van der Waals surface area contributed by atoms with Crippen molar-refractivity contribution in [2.45, 2.75) is 63.3 Å². The molecule has 1 unspecified atom stereocenters. The van der Waals surface area contributed by atoms with Crippen molar-refractivity contribution in [3.05, 3.63) is 94.5 Å². The van der Waals surface area contributed by atoms with Gasteiger partial charge in [-0.3, -0.25) is 4.90 Å². The van der Waals surface area contributed by atoms with E-state index in [1.165, 1.54) is 16.7 Å². The standard InChI is InChI=1S/C31H37ClN2O2S/c1-24-12-17-31(32)30(20-24)27-15-13-26(14-16-27)22-33-18-19-34(37(35,36)29-10-6-3-7-11-29)28(23-33)21-25-8-4-2-5-9-25/h2,4-5,8-9,12-17,20,28-29H,3,6-7,10-11,18-19,21-23H2,1H3. The van der Waals surface area contributed by atoms with E-state index in [9.17, 15) is 8.42 Å². The molecular weight excluding hydrogens is 500 g/mol. The normalized spacial score (nSPS) is 20.2. The minimum atomic E-state index is -3.30. The Morgan fingerprint density at radius 1 is 0.865 bits per heavy atom. The van der Waals surface area contributed by atoms with Gasteiger partial charge in [-0.15, -0.1) is 0 Å². The van der Waals surface area contributed by atoms with Gasteiger partial charge in [0.15, 0.2) is 0 Å². The van der Waals surface area contributed by atoms with Gasteiger partial charge in [-0.1, -0.05) is 97.1 Å². The molecule has 2 aliphatic rings. The Bertz CT molecular complexity index is 1290. The molecule has 3 aromatic rings. The molecule has 0 bridgehead atoms. The first kappa shape index (κ1) is 26.4. The summed E-state index contributed by atoms with van der Waals surface area (Å²) in [6.45, 7) is 4.95. The maximum atomic E-state index is 13.7. The van der Waals surface area contributed by atoms with E-state index in [0.29, 0.717) is 6.54 Å². The molecule has 0 aromatic heterocycles. The van der Waals surface area contributed by atoms with Crippen LogP contribution < -0.4 is 0 Å². The van der Waals surface area contributed by atoms with E-state index in [0.717, 1.165) is 74.3 Å². The molecule has 1 aliphatic carbocycles. The molecule has 1 saturated carbocycles. The van der Waals surface area contributed by atoms with E-state index in [-0.39, 0.29) is 11.3 Å². The molecule has 6 heteroatoms. The lowest BCUT2D eigenvalue weighted by Gasteiger charge is -2.42. The third-order valence-corrected chi connectivity index (χ3v) is 10.7. The fourth-order valence-electron chi connectivity index (χ4n) is 5.90. The number of hydrogen-bond acceptors (Lipinski definition) is 3. The average molecular weight is 537 g/mol. The molecule has 4 nitrogen and oxygen atoms in total.